The lowest BCUT2D eigenvalue weighted by Crippen LogP contribution is -2.66. The summed E-state index contributed by atoms with van der Waals surface area (Å²) in [6, 6.07) is 24.3. The molecule has 220 valence electrons. The largest absolute Gasteiger partial charge is 0.334 e. The fourth-order valence-corrected chi connectivity index (χ4v) is 6.07. The van der Waals surface area contributed by atoms with Crippen LogP contribution in [0.3, 0.4) is 0 Å². The molecule has 0 unspecified atom stereocenters. The number of piperazine rings is 1. The molecule has 0 saturated carbocycles. The van der Waals surface area contributed by atoms with E-state index in [1.807, 2.05) is 90.5 Å². The summed E-state index contributed by atoms with van der Waals surface area (Å²) in [4.78, 5) is 49.4. The zero-order valence-electron chi connectivity index (χ0n) is 24.2. The number of aromatic nitrogens is 2. The molecular weight excluding hydrogens is 542 g/mol. The van der Waals surface area contributed by atoms with Gasteiger partial charge in [-0.15, -0.1) is 6.58 Å². The molecule has 43 heavy (non-hydrogen) atoms. The smallest absolute Gasteiger partial charge is 0.332 e. The van der Waals surface area contributed by atoms with E-state index >= 15 is 0 Å². The Kier molecular flexibility index (Phi) is 7.93. The van der Waals surface area contributed by atoms with Crippen LogP contribution in [0.25, 0.3) is 11.0 Å². The van der Waals surface area contributed by atoms with Gasteiger partial charge in [0.15, 0.2) is 0 Å². The second-order valence-electron chi connectivity index (χ2n) is 11.0. The second-order valence-corrected chi connectivity index (χ2v) is 11.0. The van der Waals surface area contributed by atoms with E-state index < -0.39 is 12.2 Å². The van der Waals surface area contributed by atoms with Crippen LogP contribution in [0.2, 0.25) is 0 Å². The van der Waals surface area contributed by atoms with E-state index in [1.54, 1.807) is 27.2 Å². The maximum atomic E-state index is 14.1. The Balaban J connectivity index is 1.31. The highest BCUT2D eigenvalue weighted by molar-refractivity contribution is 5.92. The first-order valence-electron chi connectivity index (χ1n) is 14.4. The van der Waals surface area contributed by atoms with Gasteiger partial charge in [-0.3, -0.25) is 14.6 Å². The fraction of sp³-hybridized carbons (Fsp3) is 0.273. The van der Waals surface area contributed by atoms with Crippen LogP contribution in [-0.2, 0) is 36.1 Å². The lowest BCUT2D eigenvalue weighted by molar-refractivity contribution is -0.157. The first-order valence-corrected chi connectivity index (χ1v) is 14.4. The molecule has 1 N–H and O–H groups in total. The Bertz CT molecular complexity index is 1640. The first-order chi connectivity index (χ1) is 20.9. The number of aryl methyl sites for hydroxylation is 1. The van der Waals surface area contributed by atoms with Crippen LogP contribution in [0.5, 0.6) is 0 Å². The van der Waals surface area contributed by atoms with Gasteiger partial charge in [0.2, 0.25) is 11.8 Å². The Hall–Kier alpha value is -4.96. The van der Waals surface area contributed by atoms with Crippen LogP contribution in [-0.4, -0.2) is 79.1 Å². The van der Waals surface area contributed by atoms with Crippen LogP contribution in [0.1, 0.15) is 16.7 Å². The van der Waals surface area contributed by atoms with Gasteiger partial charge < -0.3 is 19.7 Å². The van der Waals surface area contributed by atoms with Crippen molar-refractivity contribution in [1.82, 2.24) is 34.7 Å². The minimum absolute atomic E-state index is 0.0144. The van der Waals surface area contributed by atoms with E-state index in [4.69, 9.17) is 0 Å². The number of urea groups is 1. The summed E-state index contributed by atoms with van der Waals surface area (Å²) >= 11 is 0. The number of benzene rings is 3. The molecule has 3 heterocycles. The summed E-state index contributed by atoms with van der Waals surface area (Å²) in [6.07, 6.45) is 3.26. The number of hydrazine groups is 1. The number of amides is 4. The average Bonchev–Trinajstić information content (AvgIpc) is 3.57. The zero-order valence-corrected chi connectivity index (χ0v) is 24.2. The standard InChI is InChI=1S/C33H35N7O3/c1-3-17-38(33(43)34-19-25-13-8-5-9-14-25)39-22-30(41)40-28(18-24-11-6-4-7-12-24)32(42)37(21-29(39)40)20-26-15-10-16-27-31(26)35-23-36(27)2/h3-16,23,28-29H,1,17-22H2,2H3,(H,34,43)/t28-,29+/m0/s1. The Morgan fingerprint density at radius 1 is 1.02 bits per heavy atom. The van der Waals surface area contributed by atoms with Gasteiger partial charge in [-0.1, -0.05) is 78.9 Å². The van der Waals surface area contributed by atoms with Crippen molar-refractivity contribution < 1.29 is 14.4 Å². The highest BCUT2D eigenvalue weighted by Gasteiger charge is 2.52. The molecule has 2 fully saturated rings. The lowest BCUT2D eigenvalue weighted by Gasteiger charge is -2.46. The Morgan fingerprint density at radius 2 is 1.74 bits per heavy atom. The van der Waals surface area contributed by atoms with Gasteiger partial charge in [0, 0.05) is 26.6 Å². The summed E-state index contributed by atoms with van der Waals surface area (Å²) < 4.78 is 1.95. The highest BCUT2D eigenvalue weighted by Crippen LogP contribution is 2.31. The molecule has 0 radical (unpaired) electrons. The number of imidazole rings is 1. The number of carbonyl (C=O) groups excluding carboxylic acids is 3. The van der Waals surface area contributed by atoms with E-state index in [-0.39, 0.29) is 37.5 Å². The van der Waals surface area contributed by atoms with Gasteiger partial charge in [0.1, 0.15) is 12.2 Å². The molecule has 3 aromatic carbocycles. The topological polar surface area (TPSA) is 94.0 Å². The number of hydrogen-bond donors (Lipinski definition) is 1. The predicted molar refractivity (Wildman–Crippen MR) is 163 cm³/mol. The van der Waals surface area contributed by atoms with Gasteiger partial charge in [-0.05, 0) is 22.8 Å². The van der Waals surface area contributed by atoms with E-state index in [9.17, 15) is 14.4 Å². The normalized spacial score (nSPS) is 18.6. The van der Waals surface area contributed by atoms with Gasteiger partial charge in [0.25, 0.3) is 0 Å². The molecule has 0 bridgehead atoms. The summed E-state index contributed by atoms with van der Waals surface area (Å²) in [6.45, 7) is 4.99. The van der Waals surface area contributed by atoms with E-state index in [2.05, 4.69) is 16.9 Å². The third-order valence-corrected chi connectivity index (χ3v) is 8.17. The van der Waals surface area contributed by atoms with Crippen LogP contribution in [0.4, 0.5) is 4.79 Å². The molecule has 10 heteroatoms. The Labute approximate surface area is 250 Å². The molecule has 2 atom stereocenters. The number of carbonyl (C=O) groups is 3. The average molecular weight is 578 g/mol. The zero-order chi connectivity index (χ0) is 29.9. The molecule has 10 nitrogen and oxygen atoms in total. The summed E-state index contributed by atoms with van der Waals surface area (Å²) in [5.41, 5.74) is 4.68. The third kappa shape index (κ3) is 5.61. The van der Waals surface area contributed by atoms with Crippen LogP contribution >= 0.6 is 0 Å². The number of fused-ring (bicyclic) bond motifs is 2. The fourth-order valence-electron chi connectivity index (χ4n) is 6.07. The maximum absolute atomic E-state index is 14.1. The number of rotatable bonds is 9. The monoisotopic (exact) mass is 577 g/mol. The molecular formula is C33H35N7O3. The van der Waals surface area contributed by atoms with Crippen molar-refractivity contribution in [3.63, 3.8) is 0 Å². The van der Waals surface area contributed by atoms with E-state index in [1.165, 1.54) is 5.01 Å². The van der Waals surface area contributed by atoms with Crippen molar-refractivity contribution in [3.8, 4) is 0 Å². The molecule has 2 saturated heterocycles. The maximum Gasteiger partial charge on any atom is 0.332 e. The molecule has 4 amide bonds. The minimum atomic E-state index is -0.709. The molecule has 6 rings (SSSR count). The molecule has 2 aliphatic rings. The van der Waals surface area contributed by atoms with Gasteiger partial charge >= 0.3 is 6.03 Å². The molecule has 2 aliphatic heterocycles. The van der Waals surface area contributed by atoms with Crippen LogP contribution in [0, 0.1) is 0 Å². The molecule has 0 spiro atoms. The highest BCUT2D eigenvalue weighted by atomic mass is 16.2. The number of nitrogens with one attached hydrogen (secondary N) is 1. The van der Waals surface area contributed by atoms with Gasteiger partial charge in [0.05, 0.1) is 37.0 Å². The van der Waals surface area contributed by atoms with E-state index in [0.717, 1.165) is 27.7 Å². The van der Waals surface area contributed by atoms with Crippen molar-refractivity contribution in [2.45, 2.75) is 31.7 Å². The van der Waals surface area contributed by atoms with Gasteiger partial charge in [-0.2, -0.15) is 5.01 Å². The summed E-state index contributed by atoms with van der Waals surface area (Å²) in [5, 5.41) is 6.30. The number of hydrogen-bond acceptors (Lipinski definition) is 5. The van der Waals surface area contributed by atoms with Crippen molar-refractivity contribution in [2.75, 3.05) is 19.6 Å². The first kappa shape index (κ1) is 28.2. The summed E-state index contributed by atoms with van der Waals surface area (Å²) in [5.74, 6) is -0.303. The van der Waals surface area contributed by atoms with Gasteiger partial charge in [-0.25, -0.2) is 9.78 Å². The van der Waals surface area contributed by atoms with Crippen molar-refractivity contribution in [1.29, 1.82) is 0 Å². The number of nitrogens with zero attached hydrogens (tertiary/aromatic N) is 6. The van der Waals surface area contributed by atoms with Crippen LogP contribution in [0.15, 0.2) is 97.8 Å². The van der Waals surface area contributed by atoms with Crippen molar-refractivity contribution in [3.05, 3.63) is 115 Å². The molecule has 0 aliphatic carbocycles. The molecule has 1 aromatic heterocycles. The SMILES string of the molecule is C=CCN(C(=O)NCc1ccccc1)N1CC(=O)N2[C@@H](Cc3ccccc3)C(=O)N(Cc3cccc4c3ncn4C)C[C@@H]21. The van der Waals surface area contributed by atoms with Crippen molar-refractivity contribution >= 4 is 28.9 Å². The van der Waals surface area contributed by atoms with Crippen LogP contribution < -0.4 is 5.32 Å². The quantitative estimate of drug-likeness (QED) is 0.308. The third-order valence-electron chi connectivity index (χ3n) is 8.17. The van der Waals surface area contributed by atoms with Crippen molar-refractivity contribution in [2.24, 2.45) is 7.05 Å². The lowest BCUT2D eigenvalue weighted by atomic mass is 10.00. The predicted octanol–water partition coefficient (Wildman–Crippen LogP) is 3.31. The summed E-state index contributed by atoms with van der Waals surface area (Å²) in [7, 11) is 1.94. The Morgan fingerprint density at radius 3 is 2.47 bits per heavy atom. The number of para-hydroxylation sites is 1. The second kappa shape index (κ2) is 12.1. The molecule has 4 aromatic rings. The minimum Gasteiger partial charge on any atom is -0.334 e. The van der Waals surface area contributed by atoms with E-state index in [0.29, 0.717) is 19.5 Å².